The van der Waals surface area contributed by atoms with E-state index in [1.54, 1.807) is 6.92 Å². The van der Waals surface area contributed by atoms with E-state index >= 15 is 0 Å². The third-order valence-electron chi connectivity index (χ3n) is 16.3. The number of rotatable bonds is 45. The maximum atomic E-state index is 14.3. The van der Waals surface area contributed by atoms with Gasteiger partial charge in [0.1, 0.15) is 58.5 Å². The van der Waals surface area contributed by atoms with E-state index in [0.717, 1.165) is 16.2 Å². The minimum Gasteiger partial charge on any atom is -0.469 e. The van der Waals surface area contributed by atoms with Gasteiger partial charge in [-0.05, 0) is 20.3 Å². The number of esters is 8. The molecule has 12 atom stereocenters. The summed E-state index contributed by atoms with van der Waals surface area (Å²) in [6, 6.07) is 0. The molecule has 4 fully saturated rings. The molecule has 0 saturated carbocycles. The van der Waals surface area contributed by atoms with Gasteiger partial charge in [-0.1, -0.05) is 38.8 Å². The molecule has 45 heteroatoms. The molecule has 0 radical (unpaired) electrons. The van der Waals surface area contributed by atoms with Crippen LogP contribution in [-0.2, 0) is 154 Å². The van der Waals surface area contributed by atoms with Gasteiger partial charge in [-0.2, -0.15) is 0 Å². The van der Waals surface area contributed by atoms with Gasteiger partial charge in [-0.25, -0.2) is 84.3 Å². The third-order valence-corrected chi connectivity index (χ3v) is 18.5. The molecule has 12 unspecified atom stereocenters. The predicted octanol–water partition coefficient (Wildman–Crippen LogP) is -7.97. The highest BCUT2D eigenvalue weighted by atomic mass is 79.9. The predicted molar refractivity (Wildman–Crippen MR) is 355 cm³/mol. The molecule has 7 rings (SSSR count). The molecule has 5 N–H and O–H groups in total. The zero-order valence-electron chi connectivity index (χ0n) is 57.7. The fraction of sp³-hybridized carbons (Fsp3) is 0.689. The summed E-state index contributed by atoms with van der Waals surface area (Å²) in [6.45, 7) is -7.27. The van der Waals surface area contributed by atoms with Crippen LogP contribution in [-0.4, -0.2) is 250 Å². The van der Waals surface area contributed by atoms with E-state index in [0.29, 0.717) is 47.4 Å². The number of aromatic nitrogens is 9. The van der Waals surface area contributed by atoms with Gasteiger partial charge in [-0.15, -0.1) is 0 Å². The Hall–Kier alpha value is -8.67. The topological polar surface area (TPSA) is 560 Å². The Bertz CT molecular complexity index is 4210. The second kappa shape index (κ2) is 39.3. The second-order valence-corrected chi connectivity index (χ2v) is 26.7. The van der Waals surface area contributed by atoms with Crippen LogP contribution in [0.3, 0.4) is 0 Å². The maximum Gasteiger partial charge on any atom is 0.336 e. The first kappa shape index (κ1) is 84.6. The molecule has 3 aromatic rings. The Balaban J connectivity index is 1.07. The van der Waals surface area contributed by atoms with E-state index in [2.05, 4.69) is 31.9 Å². The minimum atomic E-state index is -2.13. The minimum absolute atomic E-state index is 0.200. The number of carbonyl (C=O) groups is 8. The first-order chi connectivity index (χ1) is 50.3. The molecular weight excluding hydrogens is 1560 g/mol. The molecule has 4 aliphatic heterocycles. The van der Waals surface area contributed by atoms with Crippen molar-refractivity contribution in [3.63, 3.8) is 0 Å². The first-order valence-corrected chi connectivity index (χ1v) is 34.7. The lowest BCUT2D eigenvalue weighted by Crippen LogP contribution is -2.56. The summed E-state index contributed by atoms with van der Waals surface area (Å²) >= 11 is 6.55. The molecule has 0 bridgehead atoms. The number of nitrogens with zero attached hydrogens (tertiary/aromatic N) is 9. The summed E-state index contributed by atoms with van der Waals surface area (Å²) < 4.78 is 67.9. The van der Waals surface area contributed by atoms with Crippen molar-refractivity contribution >= 4 is 79.6 Å². The van der Waals surface area contributed by atoms with Crippen molar-refractivity contribution in [3.8, 4) is 0 Å². The van der Waals surface area contributed by atoms with Gasteiger partial charge in [-0.3, -0.25) is 38.4 Å². The summed E-state index contributed by atoms with van der Waals surface area (Å²) in [5.74, 6) is -19.2. The van der Waals surface area contributed by atoms with Crippen molar-refractivity contribution in [3.05, 3.63) is 103 Å². The lowest BCUT2D eigenvalue weighted by Gasteiger charge is -2.24. The van der Waals surface area contributed by atoms with Crippen molar-refractivity contribution in [1.29, 1.82) is 0 Å². The quantitative estimate of drug-likeness (QED) is 0.0199. The lowest BCUT2D eigenvalue weighted by molar-refractivity contribution is -0.169. The van der Waals surface area contributed by atoms with Crippen LogP contribution in [0.25, 0.3) is 0 Å². The van der Waals surface area contributed by atoms with Gasteiger partial charge in [0.05, 0.1) is 185 Å². The normalized spacial score (nSPS) is 18.8. The average Bonchev–Trinajstić information content (AvgIpc) is 1.68. The van der Waals surface area contributed by atoms with Crippen LogP contribution in [0.4, 0.5) is 0 Å². The molecule has 0 amide bonds. The van der Waals surface area contributed by atoms with E-state index < -0.39 is 283 Å². The highest BCUT2D eigenvalue weighted by Crippen LogP contribution is 2.28. The molecule has 3 aromatic heterocycles. The van der Waals surface area contributed by atoms with Crippen molar-refractivity contribution in [2.24, 2.45) is 23.7 Å². The zero-order valence-corrected chi connectivity index (χ0v) is 60.8. The smallest absolute Gasteiger partial charge is 0.336 e. The Morgan fingerprint density at radius 2 is 0.679 bits per heavy atom. The Labute approximate surface area is 612 Å². The van der Waals surface area contributed by atoms with E-state index in [4.69, 9.17) is 56.8 Å². The summed E-state index contributed by atoms with van der Waals surface area (Å²) in [6.07, 6.45) is -12.6. The number of aliphatic hydroxyl groups excluding tert-OH is 5. The van der Waals surface area contributed by atoms with Crippen molar-refractivity contribution < 1.29 is 121 Å². The number of methoxy groups -OCH3 is 1. The number of epoxide rings is 4. The molecule has 43 nitrogen and oxygen atoms in total. The highest BCUT2D eigenvalue weighted by molar-refractivity contribution is 9.14. The van der Waals surface area contributed by atoms with Gasteiger partial charge in [0.2, 0.25) is 0 Å². The number of hydrogen-bond donors (Lipinski definition) is 5. The number of carbonyl (C=O) groups excluding carboxylic acids is 8. The lowest BCUT2D eigenvalue weighted by atomic mass is 9.86. The fourth-order valence-corrected chi connectivity index (χ4v) is 10.8. The first-order valence-electron chi connectivity index (χ1n) is 33.1. The molecule has 588 valence electrons. The number of aliphatic hydroxyl groups is 5. The Morgan fingerprint density at radius 3 is 0.962 bits per heavy atom. The van der Waals surface area contributed by atoms with Gasteiger partial charge >= 0.3 is 99.0 Å². The summed E-state index contributed by atoms with van der Waals surface area (Å²) in [5, 5.41) is 52.1. The average molecular weight is 1640 g/mol. The second-order valence-electron chi connectivity index (χ2n) is 24.8. The van der Waals surface area contributed by atoms with Crippen LogP contribution >= 0.6 is 31.9 Å². The number of hydrogen-bond acceptors (Lipinski definition) is 34. The monoisotopic (exact) mass is 1640 g/mol. The van der Waals surface area contributed by atoms with Crippen molar-refractivity contribution in [2.75, 3.05) is 86.4 Å². The van der Waals surface area contributed by atoms with Gasteiger partial charge < -0.3 is 82.4 Å². The fourth-order valence-electron chi connectivity index (χ4n) is 10.3. The number of halogens is 2. The molecular formula is C61H81Br2N9O34. The summed E-state index contributed by atoms with van der Waals surface area (Å²) in [7, 11) is 0.900. The van der Waals surface area contributed by atoms with Crippen LogP contribution in [0.15, 0.2) is 52.1 Å². The van der Waals surface area contributed by atoms with Crippen LogP contribution in [0.1, 0.15) is 52.9 Å². The van der Waals surface area contributed by atoms with Crippen molar-refractivity contribution in [1.82, 2.24) is 41.1 Å². The maximum absolute atomic E-state index is 14.3. The van der Waals surface area contributed by atoms with E-state index in [-0.39, 0.29) is 52.6 Å². The van der Waals surface area contributed by atoms with Gasteiger partial charge in [0, 0.05) is 8.96 Å². The summed E-state index contributed by atoms with van der Waals surface area (Å²) in [5.41, 5.74) is -10.8. The van der Waals surface area contributed by atoms with Gasteiger partial charge in [0.25, 0.3) is 0 Å². The molecule has 4 aliphatic rings. The van der Waals surface area contributed by atoms with Gasteiger partial charge in [0.15, 0.2) is 0 Å². The van der Waals surface area contributed by atoms with E-state index in [1.807, 2.05) is 0 Å². The standard InChI is InChI=1S/C61H81Br2N9O34/c1-5-43(62)44(63)30-102-48(81)15-42(50(83)104-23-32(3)75)41(52(85)106-25-34(77)17-68-58(91)71(20-37-28-100-37)61(94)72(59(68)92)21-38-29-101-38)14-47(80)97-11-8-66-54(87)64(6-9-73)53(86)65(55(66)88)7-10-96-46(79)13-40(49(82)103-22-31(2)74)39(12-45(78)95-4)51(84)105-24-33(76)16-67-56(89)69(18-35-26-98-35)60(93)70(57(67)90)19-36-27-99-36/h31-42,73-77H,5-30H2,1-4H3/b44-43+. The number of ether oxygens (including phenoxy) is 12. The molecule has 7 heterocycles. The van der Waals surface area contributed by atoms with Crippen LogP contribution in [0, 0.1) is 23.7 Å². The van der Waals surface area contributed by atoms with Crippen LogP contribution < -0.4 is 51.2 Å². The summed E-state index contributed by atoms with van der Waals surface area (Å²) in [4.78, 5) is 232. The third kappa shape index (κ3) is 24.2. The molecule has 4 saturated heterocycles. The van der Waals surface area contributed by atoms with E-state index in [1.165, 1.54) is 13.8 Å². The molecule has 0 aliphatic carbocycles. The molecule has 106 heavy (non-hydrogen) atoms. The molecule has 0 aromatic carbocycles. The van der Waals surface area contributed by atoms with Crippen LogP contribution in [0.2, 0.25) is 0 Å². The molecule has 0 spiro atoms. The Kier molecular flexibility index (Phi) is 31.3. The van der Waals surface area contributed by atoms with E-state index in [9.17, 15) is 107 Å². The SMILES string of the molecule is CC/C(Br)=C(\Br)COC(=O)CC(C(=O)OCC(C)O)C(CC(=O)OCCn1c(=O)n(CCO)c(=O)n(CCOC(=O)CC(C(=O)OCC(C)O)C(CC(=O)OC)C(=O)OCC(O)Cn2c(=O)n(CC3CO3)c(=O)n(CC3CO3)c2=O)c1=O)C(=O)OCC(O)Cn1c(=O)n(CC2CO2)c(=O)n(CC2CO2)c1=O. The van der Waals surface area contributed by atoms with Crippen LogP contribution in [0.5, 0.6) is 0 Å². The Morgan fingerprint density at radius 1 is 0.406 bits per heavy atom. The largest absolute Gasteiger partial charge is 0.469 e. The highest BCUT2D eigenvalue weighted by Gasteiger charge is 2.43. The number of allylic oxidation sites excluding steroid dienone is 1. The zero-order chi connectivity index (χ0) is 78.0. The van der Waals surface area contributed by atoms with Crippen molar-refractivity contribution in [2.45, 2.75) is 161 Å².